The summed E-state index contributed by atoms with van der Waals surface area (Å²) in [5, 5.41) is 0. The smallest absolute Gasteiger partial charge is 0.339 e. The summed E-state index contributed by atoms with van der Waals surface area (Å²) in [7, 11) is -2.01. The number of hydrogen-bond donors (Lipinski definition) is 0. The number of amides is 1. The molecule has 1 amide bonds. The van der Waals surface area contributed by atoms with E-state index in [2.05, 4.69) is 0 Å². The number of carbonyl (C=O) groups is 1. The van der Waals surface area contributed by atoms with Gasteiger partial charge in [0.2, 0.25) is 15.9 Å². The predicted octanol–water partition coefficient (Wildman–Crippen LogP) is 1.25. The summed E-state index contributed by atoms with van der Waals surface area (Å²) < 4.78 is 63.4. The molecule has 0 N–H and O–H groups in total. The summed E-state index contributed by atoms with van der Waals surface area (Å²) in [5.74, 6) is -0.434. The van der Waals surface area contributed by atoms with E-state index < -0.39 is 34.2 Å². The summed E-state index contributed by atoms with van der Waals surface area (Å²) in [6, 6.07) is 3.95. The minimum Gasteiger partial charge on any atom is -0.339 e. The Bertz CT molecular complexity index is 729. The van der Waals surface area contributed by atoms with Crippen molar-refractivity contribution < 1.29 is 26.4 Å². The van der Waals surface area contributed by atoms with Gasteiger partial charge in [0.15, 0.2) is 0 Å². The van der Waals surface area contributed by atoms with Crippen LogP contribution in [0.5, 0.6) is 0 Å². The second-order valence-electron chi connectivity index (χ2n) is 6.00. The van der Waals surface area contributed by atoms with E-state index in [0.717, 1.165) is 24.5 Å². The summed E-state index contributed by atoms with van der Waals surface area (Å²) in [6.07, 6.45) is -3.73. The second kappa shape index (κ2) is 7.20. The fraction of sp³-hybridized carbons (Fsp3) is 0.533. The van der Waals surface area contributed by atoms with E-state index in [9.17, 15) is 26.4 Å². The Morgan fingerprint density at radius 2 is 1.80 bits per heavy atom. The van der Waals surface area contributed by atoms with Crippen molar-refractivity contribution in [1.82, 2.24) is 9.80 Å². The Balaban J connectivity index is 2.25. The first kappa shape index (κ1) is 19.5. The van der Waals surface area contributed by atoms with E-state index in [0.29, 0.717) is 30.5 Å². The van der Waals surface area contributed by atoms with E-state index in [-0.39, 0.29) is 5.69 Å². The van der Waals surface area contributed by atoms with Crippen molar-refractivity contribution in [1.29, 1.82) is 0 Å². The topological polar surface area (TPSA) is 60.9 Å². The quantitative estimate of drug-likeness (QED) is 0.790. The van der Waals surface area contributed by atoms with E-state index in [1.165, 1.54) is 11.0 Å². The van der Waals surface area contributed by atoms with E-state index >= 15 is 0 Å². The van der Waals surface area contributed by atoms with Crippen molar-refractivity contribution in [2.45, 2.75) is 6.18 Å². The van der Waals surface area contributed by atoms with E-state index in [1.807, 2.05) is 11.9 Å². The molecule has 0 aromatic heterocycles. The largest absolute Gasteiger partial charge is 0.416 e. The lowest BCUT2D eigenvalue weighted by Crippen LogP contribution is -2.50. The Morgan fingerprint density at radius 3 is 2.32 bits per heavy atom. The van der Waals surface area contributed by atoms with Gasteiger partial charge in [-0.05, 0) is 25.2 Å². The summed E-state index contributed by atoms with van der Waals surface area (Å²) >= 11 is 0. The Hall–Kier alpha value is -1.81. The predicted molar refractivity (Wildman–Crippen MR) is 87.7 cm³/mol. The highest BCUT2D eigenvalue weighted by molar-refractivity contribution is 7.92. The highest BCUT2D eigenvalue weighted by Crippen LogP contribution is 2.32. The molecule has 0 aliphatic carbocycles. The van der Waals surface area contributed by atoms with Crippen LogP contribution in [0, 0.1) is 0 Å². The SMILES string of the molecule is CN1CCN(C(=O)CN(c2cccc(C(F)(F)F)c2)S(C)(=O)=O)CC1. The number of piperazine rings is 1. The van der Waals surface area contributed by atoms with Crippen molar-refractivity contribution in [3.05, 3.63) is 29.8 Å². The van der Waals surface area contributed by atoms with Gasteiger partial charge < -0.3 is 9.80 Å². The molecule has 1 aliphatic heterocycles. The third kappa shape index (κ3) is 5.08. The molecule has 1 aromatic rings. The lowest BCUT2D eigenvalue weighted by atomic mass is 10.2. The molecule has 1 fully saturated rings. The zero-order valence-electron chi connectivity index (χ0n) is 14.0. The van der Waals surface area contributed by atoms with Gasteiger partial charge in [0.25, 0.3) is 0 Å². The van der Waals surface area contributed by atoms with Gasteiger partial charge in [0, 0.05) is 26.2 Å². The second-order valence-corrected chi connectivity index (χ2v) is 7.91. The highest BCUT2D eigenvalue weighted by atomic mass is 32.2. The van der Waals surface area contributed by atoms with Gasteiger partial charge >= 0.3 is 6.18 Å². The standard InChI is InChI=1S/C15H20F3N3O3S/c1-19-6-8-20(9-7-19)14(22)11-21(25(2,23)24)13-5-3-4-12(10-13)15(16,17)18/h3-5,10H,6-9,11H2,1-2H3. The molecule has 0 spiro atoms. The monoisotopic (exact) mass is 379 g/mol. The molecule has 0 bridgehead atoms. The molecule has 140 valence electrons. The summed E-state index contributed by atoms with van der Waals surface area (Å²) in [4.78, 5) is 15.9. The molecule has 0 saturated carbocycles. The van der Waals surface area contributed by atoms with E-state index in [4.69, 9.17) is 0 Å². The first-order chi connectivity index (χ1) is 11.5. The number of rotatable bonds is 4. The van der Waals surface area contributed by atoms with Crippen molar-refractivity contribution in [2.24, 2.45) is 0 Å². The van der Waals surface area contributed by atoms with Crippen molar-refractivity contribution in [2.75, 3.05) is 50.3 Å². The zero-order chi connectivity index (χ0) is 18.8. The van der Waals surface area contributed by atoms with Crippen LogP contribution in [0.4, 0.5) is 18.9 Å². The zero-order valence-corrected chi connectivity index (χ0v) is 14.8. The number of alkyl halides is 3. The van der Waals surface area contributed by atoms with Gasteiger partial charge in [-0.15, -0.1) is 0 Å². The minimum absolute atomic E-state index is 0.181. The molecular weight excluding hydrogens is 359 g/mol. The van der Waals surface area contributed by atoms with Crippen LogP contribution in [-0.4, -0.2) is 70.2 Å². The molecule has 1 saturated heterocycles. The number of anilines is 1. The Kier molecular flexibility index (Phi) is 5.62. The van der Waals surface area contributed by atoms with Gasteiger partial charge in [0.05, 0.1) is 17.5 Å². The Labute approximate surface area is 144 Å². The van der Waals surface area contributed by atoms with E-state index in [1.54, 1.807) is 0 Å². The van der Waals surface area contributed by atoms with Crippen molar-refractivity contribution in [3.8, 4) is 0 Å². The summed E-state index contributed by atoms with van der Waals surface area (Å²) in [5.41, 5.74) is -1.15. The molecule has 1 aromatic carbocycles. The van der Waals surface area contributed by atoms with Crippen LogP contribution in [0.25, 0.3) is 0 Å². The average Bonchev–Trinajstić information content (AvgIpc) is 2.51. The molecule has 0 atom stereocenters. The Morgan fingerprint density at radius 1 is 1.20 bits per heavy atom. The third-order valence-corrected chi connectivity index (χ3v) is 5.14. The van der Waals surface area contributed by atoms with Gasteiger partial charge in [0.1, 0.15) is 6.54 Å². The molecule has 25 heavy (non-hydrogen) atoms. The lowest BCUT2D eigenvalue weighted by Gasteiger charge is -2.34. The molecular formula is C15H20F3N3O3S. The van der Waals surface area contributed by atoms with Crippen LogP contribution in [0.15, 0.2) is 24.3 Å². The van der Waals surface area contributed by atoms with Gasteiger partial charge in [-0.1, -0.05) is 6.07 Å². The maximum atomic E-state index is 12.9. The molecule has 1 heterocycles. The minimum atomic E-state index is -4.60. The number of nitrogens with zero attached hydrogens (tertiary/aromatic N) is 3. The van der Waals surface area contributed by atoms with Crippen LogP contribution in [0.3, 0.4) is 0 Å². The third-order valence-electron chi connectivity index (χ3n) is 4.00. The number of hydrogen-bond acceptors (Lipinski definition) is 4. The van der Waals surface area contributed by atoms with Gasteiger partial charge in [-0.3, -0.25) is 9.10 Å². The first-order valence-electron chi connectivity index (χ1n) is 7.60. The van der Waals surface area contributed by atoms with Crippen LogP contribution < -0.4 is 4.31 Å². The fourth-order valence-electron chi connectivity index (χ4n) is 2.52. The van der Waals surface area contributed by atoms with Crippen LogP contribution in [0.2, 0.25) is 0 Å². The highest BCUT2D eigenvalue weighted by Gasteiger charge is 2.32. The van der Waals surface area contributed by atoms with Gasteiger partial charge in [-0.2, -0.15) is 13.2 Å². The molecule has 2 rings (SSSR count). The molecule has 10 heteroatoms. The summed E-state index contributed by atoms with van der Waals surface area (Å²) in [6.45, 7) is 1.71. The molecule has 0 unspecified atom stereocenters. The van der Waals surface area contributed by atoms with Crippen LogP contribution in [-0.2, 0) is 21.0 Å². The fourth-order valence-corrected chi connectivity index (χ4v) is 3.36. The number of sulfonamides is 1. The average molecular weight is 379 g/mol. The number of halogens is 3. The van der Waals surface area contributed by atoms with Crippen LogP contribution in [0.1, 0.15) is 5.56 Å². The van der Waals surface area contributed by atoms with Gasteiger partial charge in [-0.25, -0.2) is 8.42 Å². The first-order valence-corrected chi connectivity index (χ1v) is 9.44. The number of carbonyl (C=O) groups excluding carboxylic acids is 1. The number of likely N-dealkylation sites (N-methyl/N-ethyl adjacent to an activating group) is 1. The molecule has 0 radical (unpaired) electrons. The molecule has 1 aliphatic rings. The normalized spacial score (nSPS) is 16.8. The lowest BCUT2D eigenvalue weighted by molar-refractivity contribution is -0.137. The maximum Gasteiger partial charge on any atom is 0.416 e. The maximum absolute atomic E-state index is 12.9. The number of benzene rings is 1. The van der Waals surface area contributed by atoms with Crippen LogP contribution >= 0.6 is 0 Å². The van der Waals surface area contributed by atoms with Crippen molar-refractivity contribution in [3.63, 3.8) is 0 Å². The molecule has 6 nitrogen and oxygen atoms in total. The van der Waals surface area contributed by atoms with Crippen molar-refractivity contribution >= 4 is 21.6 Å².